The van der Waals surface area contributed by atoms with E-state index in [1.807, 2.05) is 55.5 Å². The second-order valence-electron chi connectivity index (χ2n) is 12.6. The van der Waals surface area contributed by atoms with Crippen molar-refractivity contribution in [2.75, 3.05) is 33.8 Å². The second-order valence-corrected chi connectivity index (χ2v) is 12.6. The lowest BCUT2D eigenvalue weighted by Gasteiger charge is -2.36. The molecule has 1 aliphatic heterocycles. The first kappa shape index (κ1) is 34.5. The van der Waals surface area contributed by atoms with Gasteiger partial charge < -0.3 is 19.6 Å². The molecule has 9 nitrogen and oxygen atoms in total. The Morgan fingerprint density at radius 3 is 2.08 bits per heavy atom. The number of hydrogen-bond acceptors (Lipinski definition) is 5. The zero-order chi connectivity index (χ0) is 34.7. The Bertz CT molecular complexity index is 1630. The molecule has 1 aliphatic carbocycles. The topological polar surface area (TPSA) is 107 Å². The zero-order valence-electron chi connectivity index (χ0n) is 26.9. The Labute approximate surface area is 276 Å². The minimum absolute atomic E-state index is 0.0489. The van der Waals surface area contributed by atoms with Gasteiger partial charge in [0.15, 0.2) is 0 Å². The summed E-state index contributed by atoms with van der Waals surface area (Å²) in [6, 6.07) is 17.9. The summed E-state index contributed by atoms with van der Waals surface area (Å²) in [5, 5.41) is 9.33. The van der Waals surface area contributed by atoms with Crippen molar-refractivity contribution in [1.82, 2.24) is 14.7 Å². The van der Waals surface area contributed by atoms with Crippen molar-refractivity contribution in [2.45, 2.75) is 50.4 Å². The van der Waals surface area contributed by atoms with Gasteiger partial charge in [-0.25, -0.2) is 4.79 Å². The van der Waals surface area contributed by atoms with Gasteiger partial charge in [-0.15, -0.1) is 0 Å². The van der Waals surface area contributed by atoms with Crippen LogP contribution in [-0.4, -0.2) is 89.6 Å². The molecule has 48 heavy (non-hydrogen) atoms. The second kappa shape index (κ2) is 14.1. The molecule has 0 radical (unpaired) electrons. The van der Waals surface area contributed by atoms with E-state index >= 15 is 0 Å². The minimum Gasteiger partial charge on any atom is -0.480 e. The Morgan fingerprint density at radius 1 is 0.938 bits per heavy atom. The van der Waals surface area contributed by atoms with Gasteiger partial charge in [-0.05, 0) is 58.7 Å². The highest BCUT2D eigenvalue weighted by atomic mass is 19.4. The first-order valence-corrected chi connectivity index (χ1v) is 15.8. The van der Waals surface area contributed by atoms with E-state index in [9.17, 15) is 37.5 Å². The lowest BCUT2D eigenvalue weighted by atomic mass is 9.98. The van der Waals surface area contributed by atoms with Crippen molar-refractivity contribution in [3.63, 3.8) is 0 Å². The molecule has 3 atom stereocenters. The summed E-state index contributed by atoms with van der Waals surface area (Å²) in [7, 11) is 2.76. The number of alkyl halides is 3. The number of amides is 3. The van der Waals surface area contributed by atoms with Crippen molar-refractivity contribution in [3.05, 3.63) is 95.1 Å². The van der Waals surface area contributed by atoms with Crippen LogP contribution in [0.4, 0.5) is 18.0 Å². The lowest BCUT2D eigenvalue weighted by Crippen LogP contribution is -2.57. The van der Waals surface area contributed by atoms with Crippen LogP contribution in [0.3, 0.4) is 0 Å². The monoisotopic (exact) mass is 665 g/mol. The van der Waals surface area contributed by atoms with Crippen LogP contribution in [0.1, 0.15) is 47.9 Å². The van der Waals surface area contributed by atoms with Crippen LogP contribution in [0.15, 0.2) is 72.8 Å². The average Bonchev–Trinajstić information content (AvgIpc) is 3.29. The number of carbonyl (C=O) groups is 4. The predicted molar refractivity (Wildman–Crippen MR) is 171 cm³/mol. The third-order valence-corrected chi connectivity index (χ3v) is 9.22. The fourth-order valence-corrected chi connectivity index (χ4v) is 6.66. The number of fused-ring (bicyclic) bond motifs is 3. The number of likely N-dealkylation sites (N-methyl/N-ethyl adjacent to an activating group) is 2. The molecular weight excluding hydrogens is 627 g/mol. The number of ether oxygens (including phenoxy) is 1. The smallest absolute Gasteiger partial charge is 0.416 e. The molecule has 5 rings (SSSR count). The van der Waals surface area contributed by atoms with Crippen molar-refractivity contribution >= 4 is 23.9 Å². The maximum atomic E-state index is 14.2. The molecule has 12 heteroatoms. The fraction of sp³-hybridized carbons (Fsp3) is 0.389. The zero-order valence-corrected chi connectivity index (χ0v) is 26.9. The number of rotatable bonds is 9. The van der Waals surface area contributed by atoms with Crippen LogP contribution >= 0.6 is 0 Å². The molecule has 3 amide bonds. The summed E-state index contributed by atoms with van der Waals surface area (Å²) in [5.74, 6) is -2.75. The van der Waals surface area contributed by atoms with Gasteiger partial charge in [-0.3, -0.25) is 19.3 Å². The Kier molecular flexibility index (Phi) is 10.1. The normalized spacial score (nSPS) is 18.4. The van der Waals surface area contributed by atoms with Crippen molar-refractivity contribution in [3.8, 4) is 11.1 Å². The molecule has 0 aromatic heterocycles. The maximum absolute atomic E-state index is 14.2. The number of halogens is 3. The van der Waals surface area contributed by atoms with E-state index in [0.717, 1.165) is 39.3 Å². The molecular formula is C36H38F3N3O6. The van der Waals surface area contributed by atoms with Gasteiger partial charge in [-0.1, -0.05) is 67.6 Å². The summed E-state index contributed by atoms with van der Waals surface area (Å²) >= 11 is 0. The molecule has 3 aromatic carbocycles. The summed E-state index contributed by atoms with van der Waals surface area (Å²) < 4.78 is 45.5. The van der Waals surface area contributed by atoms with Crippen molar-refractivity contribution < 1.29 is 42.2 Å². The third kappa shape index (κ3) is 7.32. The molecule has 1 saturated heterocycles. The molecule has 0 spiro atoms. The number of carboxylic acids is 1. The number of nitrogens with zero attached hydrogens (tertiary/aromatic N) is 3. The molecule has 3 aromatic rings. The summed E-state index contributed by atoms with van der Waals surface area (Å²) in [6.07, 6.45) is -4.58. The van der Waals surface area contributed by atoms with Crippen molar-refractivity contribution in [1.29, 1.82) is 0 Å². The van der Waals surface area contributed by atoms with E-state index in [-0.39, 0.29) is 31.4 Å². The minimum atomic E-state index is -4.55. The van der Waals surface area contributed by atoms with E-state index in [0.29, 0.717) is 18.4 Å². The summed E-state index contributed by atoms with van der Waals surface area (Å²) in [6.45, 7) is 1.44. The number of aliphatic carboxylic acids is 1. The highest BCUT2D eigenvalue weighted by Gasteiger charge is 2.41. The van der Waals surface area contributed by atoms with Gasteiger partial charge in [0.2, 0.25) is 11.8 Å². The van der Waals surface area contributed by atoms with Gasteiger partial charge >= 0.3 is 18.2 Å². The van der Waals surface area contributed by atoms with E-state index in [1.54, 1.807) is 0 Å². The standard InChI is InChI=1S/C36H38F3N3O6/c1-22-12-17-30(41(3)35(47)48-21-29-27-10-6-4-8-25(27)26-9-5-7-11-28(26)29)34(46)42(19-22)31(33(45)40(2)20-32(43)44)18-23-13-15-24(16-14-23)36(37,38)39/h4-11,13-16,22,29-31H,12,17-21H2,1-3H3,(H,43,44)/t22-,30+,31-/m0/s1. The quantitative estimate of drug-likeness (QED) is 0.316. The fourth-order valence-electron chi connectivity index (χ4n) is 6.66. The number of hydrogen-bond donors (Lipinski definition) is 1. The molecule has 1 heterocycles. The molecule has 1 fully saturated rings. The summed E-state index contributed by atoms with van der Waals surface area (Å²) in [4.78, 5) is 56.5. The van der Waals surface area contributed by atoms with E-state index < -0.39 is 54.2 Å². The van der Waals surface area contributed by atoms with E-state index in [4.69, 9.17) is 4.74 Å². The lowest BCUT2D eigenvalue weighted by molar-refractivity contribution is -0.150. The predicted octanol–water partition coefficient (Wildman–Crippen LogP) is 5.67. The number of carboxylic acid groups (broad SMARTS) is 1. The molecule has 254 valence electrons. The number of likely N-dealkylation sites (tertiary alicyclic amines) is 1. The van der Waals surface area contributed by atoms with Crippen LogP contribution in [0.25, 0.3) is 11.1 Å². The van der Waals surface area contributed by atoms with Gasteiger partial charge in [0, 0.05) is 33.0 Å². The Hall–Kier alpha value is -4.87. The Morgan fingerprint density at radius 2 is 1.52 bits per heavy atom. The number of carbonyl (C=O) groups excluding carboxylic acids is 3. The van der Waals surface area contributed by atoms with Crippen LogP contribution in [0, 0.1) is 5.92 Å². The molecule has 1 N–H and O–H groups in total. The van der Waals surface area contributed by atoms with Crippen LogP contribution < -0.4 is 0 Å². The highest BCUT2D eigenvalue weighted by molar-refractivity contribution is 5.92. The molecule has 0 bridgehead atoms. The van der Waals surface area contributed by atoms with Gasteiger partial charge in [0.1, 0.15) is 25.2 Å². The number of benzene rings is 3. The first-order valence-electron chi connectivity index (χ1n) is 15.8. The Balaban J connectivity index is 1.37. The molecule has 0 unspecified atom stereocenters. The molecule has 0 saturated carbocycles. The average molecular weight is 666 g/mol. The van der Waals surface area contributed by atoms with Crippen molar-refractivity contribution in [2.24, 2.45) is 5.92 Å². The highest BCUT2D eigenvalue weighted by Crippen LogP contribution is 2.44. The van der Waals surface area contributed by atoms with Gasteiger partial charge in [-0.2, -0.15) is 13.2 Å². The SMILES string of the molecule is C[C@H]1CC[C@@H](N(C)C(=O)OCC2c3ccccc3-c3ccccc32)C(=O)N([C@@H](Cc2ccc(C(F)(F)F)cc2)C(=O)N(C)CC(=O)O)C1. The molecule has 2 aliphatic rings. The van der Waals surface area contributed by atoms with Gasteiger partial charge in [0.05, 0.1) is 5.56 Å². The van der Waals surface area contributed by atoms with Crippen LogP contribution in [-0.2, 0) is 31.7 Å². The van der Waals surface area contributed by atoms with Gasteiger partial charge in [0.25, 0.3) is 0 Å². The maximum Gasteiger partial charge on any atom is 0.416 e. The third-order valence-electron chi connectivity index (χ3n) is 9.22. The van der Waals surface area contributed by atoms with Crippen LogP contribution in [0.5, 0.6) is 0 Å². The van der Waals surface area contributed by atoms with Crippen LogP contribution in [0.2, 0.25) is 0 Å². The first-order chi connectivity index (χ1) is 22.8. The summed E-state index contributed by atoms with van der Waals surface area (Å²) in [5.41, 5.74) is 3.72. The largest absolute Gasteiger partial charge is 0.480 e. The van der Waals surface area contributed by atoms with E-state index in [1.165, 1.54) is 36.0 Å². The van der Waals surface area contributed by atoms with E-state index in [2.05, 4.69) is 0 Å².